The first kappa shape index (κ1) is 13.9. The number of hydrogen-bond donors (Lipinski definition) is 2. The minimum atomic E-state index is -0.104. The number of rotatable bonds is 2. The van der Waals surface area contributed by atoms with E-state index in [1.165, 1.54) is 0 Å². The molecule has 2 rings (SSSR count). The van der Waals surface area contributed by atoms with Crippen LogP contribution in [0.1, 0.15) is 21.5 Å². The van der Waals surface area contributed by atoms with Crippen LogP contribution in [0.5, 0.6) is 0 Å². The summed E-state index contributed by atoms with van der Waals surface area (Å²) in [6.07, 6.45) is 0. The zero-order chi connectivity index (χ0) is 14.0. The number of benzene rings is 2. The van der Waals surface area contributed by atoms with E-state index >= 15 is 0 Å². The summed E-state index contributed by atoms with van der Waals surface area (Å²) < 4.78 is 1.11. The lowest BCUT2D eigenvalue weighted by atomic mass is 10.1. The maximum absolute atomic E-state index is 12.2. The van der Waals surface area contributed by atoms with E-state index in [0.717, 1.165) is 20.4 Å². The van der Waals surface area contributed by atoms with Crippen molar-refractivity contribution in [1.29, 1.82) is 0 Å². The molecule has 0 aliphatic heterocycles. The molecule has 1 amide bonds. The Bertz CT molecular complexity index is 598. The first-order valence-electron chi connectivity index (χ1n) is 5.91. The van der Waals surface area contributed by atoms with Crippen LogP contribution in [0.4, 0.5) is 11.4 Å². The third kappa shape index (κ3) is 3.26. The number of nitrogens with one attached hydrogen (secondary N) is 1. The van der Waals surface area contributed by atoms with Gasteiger partial charge in [0.25, 0.3) is 5.91 Å². The molecule has 0 saturated carbocycles. The summed E-state index contributed by atoms with van der Waals surface area (Å²) >= 11 is 2.21. The Morgan fingerprint density at radius 2 is 1.63 bits per heavy atom. The number of halogens is 1. The summed E-state index contributed by atoms with van der Waals surface area (Å²) in [7, 11) is 0. The lowest BCUT2D eigenvalue weighted by Crippen LogP contribution is -2.14. The number of anilines is 2. The van der Waals surface area contributed by atoms with Crippen molar-refractivity contribution in [1.82, 2.24) is 0 Å². The van der Waals surface area contributed by atoms with Crippen molar-refractivity contribution in [2.45, 2.75) is 13.8 Å². The molecule has 0 heterocycles. The predicted molar refractivity (Wildman–Crippen MR) is 87.4 cm³/mol. The van der Waals surface area contributed by atoms with Crippen molar-refractivity contribution in [3.8, 4) is 0 Å². The van der Waals surface area contributed by atoms with E-state index < -0.39 is 0 Å². The van der Waals surface area contributed by atoms with Crippen molar-refractivity contribution >= 4 is 39.9 Å². The van der Waals surface area contributed by atoms with Crippen molar-refractivity contribution in [2.75, 3.05) is 11.1 Å². The maximum atomic E-state index is 12.2. The Hall–Kier alpha value is -1.56. The highest BCUT2D eigenvalue weighted by atomic mass is 127. The quantitative estimate of drug-likeness (QED) is 0.629. The molecule has 2 aromatic carbocycles. The largest absolute Gasteiger partial charge is 0.399 e. The second-order valence-corrected chi connectivity index (χ2v) is 5.74. The Balaban J connectivity index is 2.26. The van der Waals surface area contributed by atoms with Crippen LogP contribution in [0.15, 0.2) is 36.4 Å². The summed E-state index contributed by atoms with van der Waals surface area (Å²) in [6, 6.07) is 11.2. The lowest BCUT2D eigenvalue weighted by Gasteiger charge is -2.12. The van der Waals surface area contributed by atoms with E-state index in [4.69, 9.17) is 5.73 Å². The molecule has 0 aromatic heterocycles. The van der Waals surface area contributed by atoms with Crippen LogP contribution < -0.4 is 11.1 Å². The standard InChI is InChI=1S/C15H15IN2O/c1-9-7-13(17)8-10(2)14(9)18-15(19)11-3-5-12(16)6-4-11/h3-8H,17H2,1-2H3,(H,18,19). The topological polar surface area (TPSA) is 55.1 Å². The van der Waals surface area contributed by atoms with Crippen LogP contribution in [0.25, 0.3) is 0 Å². The van der Waals surface area contributed by atoms with Gasteiger partial charge in [0.15, 0.2) is 0 Å². The van der Waals surface area contributed by atoms with E-state index in [1.807, 2.05) is 50.2 Å². The molecule has 0 aliphatic rings. The number of hydrogen-bond acceptors (Lipinski definition) is 2. The van der Waals surface area contributed by atoms with E-state index in [9.17, 15) is 4.79 Å². The molecule has 0 spiro atoms. The van der Waals surface area contributed by atoms with Crippen molar-refractivity contribution in [3.63, 3.8) is 0 Å². The molecule has 3 nitrogen and oxygen atoms in total. The fourth-order valence-corrected chi connectivity index (χ4v) is 2.34. The van der Waals surface area contributed by atoms with E-state index in [1.54, 1.807) is 0 Å². The Kier molecular flexibility index (Phi) is 4.09. The van der Waals surface area contributed by atoms with Gasteiger partial charge in [-0.1, -0.05) is 0 Å². The molecule has 19 heavy (non-hydrogen) atoms. The average molecular weight is 366 g/mol. The summed E-state index contributed by atoms with van der Waals surface area (Å²) in [4.78, 5) is 12.2. The maximum Gasteiger partial charge on any atom is 0.255 e. The smallest absolute Gasteiger partial charge is 0.255 e. The SMILES string of the molecule is Cc1cc(N)cc(C)c1NC(=O)c1ccc(I)cc1. The third-order valence-electron chi connectivity index (χ3n) is 2.90. The van der Waals surface area contributed by atoms with Crippen LogP contribution >= 0.6 is 22.6 Å². The molecule has 0 unspecified atom stereocenters. The molecule has 4 heteroatoms. The number of amides is 1. The van der Waals surface area contributed by atoms with Crippen LogP contribution in [0, 0.1) is 17.4 Å². The zero-order valence-corrected chi connectivity index (χ0v) is 13.0. The highest BCUT2D eigenvalue weighted by Gasteiger charge is 2.10. The van der Waals surface area contributed by atoms with Gasteiger partial charge in [0, 0.05) is 20.5 Å². The van der Waals surface area contributed by atoms with Gasteiger partial charge in [0.1, 0.15) is 0 Å². The Morgan fingerprint density at radius 3 is 2.16 bits per heavy atom. The van der Waals surface area contributed by atoms with Gasteiger partial charge >= 0.3 is 0 Å². The summed E-state index contributed by atoms with van der Waals surface area (Å²) in [5.74, 6) is -0.104. The fourth-order valence-electron chi connectivity index (χ4n) is 1.98. The average Bonchev–Trinajstić information content (AvgIpc) is 2.34. The van der Waals surface area contributed by atoms with Gasteiger partial charge in [-0.25, -0.2) is 0 Å². The first-order chi connectivity index (χ1) is 8.97. The molecule has 0 aliphatic carbocycles. The molecule has 3 N–H and O–H groups in total. The minimum Gasteiger partial charge on any atom is -0.399 e. The van der Waals surface area contributed by atoms with Crippen LogP contribution in [-0.2, 0) is 0 Å². The molecular weight excluding hydrogens is 351 g/mol. The second-order valence-electron chi connectivity index (χ2n) is 4.49. The molecule has 2 aromatic rings. The molecule has 98 valence electrons. The van der Waals surface area contributed by atoms with E-state index in [2.05, 4.69) is 27.9 Å². The van der Waals surface area contributed by atoms with Gasteiger partial charge < -0.3 is 11.1 Å². The van der Waals surface area contributed by atoms with Crippen molar-refractivity contribution in [3.05, 3.63) is 56.7 Å². The number of carbonyl (C=O) groups excluding carboxylic acids is 1. The van der Waals surface area contributed by atoms with Gasteiger partial charge in [0.05, 0.1) is 0 Å². The Labute approximate surface area is 126 Å². The van der Waals surface area contributed by atoms with Gasteiger partial charge in [0.2, 0.25) is 0 Å². The van der Waals surface area contributed by atoms with Gasteiger partial charge in [-0.05, 0) is 84.0 Å². The molecule has 0 fully saturated rings. The molecule has 0 bridgehead atoms. The number of nitrogen functional groups attached to an aromatic ring is 1. The number of nitrogens with two attached hydrogens (primary N) is 1. The molecule has 0 atom stereocenters. The second kappa shape index (κ2) is 5.61. The monoisotopic (exact) mass is 366 g/mol. The minimum absolute atomic E-state index is 0.104. The van der Waals surface area contributed by atoms with E-state index in [0.29, 0.717) is 11.3 Å². The highest BCUT2D eigenvalue weighted by Crippen LogP contribution is 2.24. The van der Waals surface area contributed by atoms with Gasteiger partial charge in [-0.2, -0.15) is 0 Å². The van der Waals surface area contributed by atoms with Crippen molar-refractivity contribution < 1.29 is 4.79 Å². The van der Waals surface area contributed by atoms with Crippen LogP contribution in [-0.4, -0.2) is 5.91 Å². The lowest BCUT2D eigenvalue weighted by molar-refractivity contribution is 0.102. The zero-order valence-electron chi connectivity index (χ0n) is 10.8. The first-order valence-corrected chi connectivity index (χ1v) is 6.99. The summed E-state index contributed by atoms with van der Waals surface area (Å²) in [5.41, 5.74) is 9.90. The van der Waals surface area contributed by atoms with E-state index in [-0.39, 0.29) is 5.91 Å². The third-order valence-corrected chi connectivity index (χ3v) is 3.62. The Morgan fingerprint density at radius 1 is 1.11 bits per heavy atom. The number of aryl methyl sites for hydroxylation is 2. The van der Waals surface area contributed by atoms with Gasteiger partial charge in [-0.3, -0.25) is 4.79 Å². The summed E-state index contributed by atoms with van der Waals surface area (Å²) in [5, 5.41) is 2.94. The number of carbonyl (C=O) groups is 1. The van der Waals surface area contributed by atoms with Gasteiger partial charge in [-0.15, -0.1) is 0 Å². The highest BCUT2D eigenvalue weighted by molar-refractivity contribution is 14.1. The molecular formula is C15H15IN2O. The molecule has 0 radical (unpaired) electrons. The summed E-state index contributed by atoms with van der Waals surface area (Å²) in [6.45, 7) is 3.87. The van der Waals surface area contributed by atoms with Crippen molar-refractivity contribution in [2.24, 2.45) is 0 Å². The van der Waals surface area contributed by atoms with Crippen LogP contribution in [0.3, 0.4) is 0 Å². The fraction of sp³-hybridized carbons (Fsp3) is 0.133. The predicted octanol–water partition coefficient (Wildman–Crippen LogP) is 3.74. The normalized spacial score (nSPS) is 10.3. The molecule has 0 saturated heterocycles. The van der Waals surface area contributed by atoms with Crippen LogP contribution in [0.2, 0.25) is 0 Å².